The first kappa shape index (κ1) is 38.1. The Morgan fingerprint density at radius 2 is 1.24 bits per heavy atom. The first-order chi connectivity index (χ1) is 21.8. The molecule has 0 radical (unpaired) electrons. The van der Waals surface area contributed by atoms with Crippen molar-refractivity contribution in [1.29, 1.82) is 0 Å². The number of hydrogen-bond acceptors (Lipinski definition) is 8. The highest BCUT2D eigenvalue weighted by Crippen LogP contribution is 2.35. The smallest absolute Gasteiger partial charge is 0.309 e. The Hall–Kier alpha value is -1.35. The van der Waals surface area contributed by atoms with Gasteiger partial charge in [-0.2, -0.15) is 0 Å². The molecule has 0 aromatic heterocycles. The lowest BCUT2D eigenvalue weighted by Gasteiger charge is -2.24. The van der Waals surface area contributed by atoms with E-state index in [1.807, 2.05) is 0 Å². The maximum absolute atomic E-state index is 12.3. The fourth-order valence-corrected chi connectivity index (χ4v) is 7.43. The van der Waals surface area contributed by atoms with Crippen LogP contribution in [0.4, 0.5) is 0 Å². The average molecular weight is 637 g/mol. The molecule has 3 aliphatic heterocycles. The van der Waals surface area contributed by atoms with Gasteiger partial charge in [-0.15, -0.1) is 0 Å². The molecule has 8 nitrogen and oxygen atoms in total. The monoisotopic (exact) mass is 636 g/mol. The average Bonchev–Trinajstić information content (AvgIpc) is 3.77. The summed E-state index contributed by atoms with van der Waals surface area (Å²) in [5.74, 6) is -0.264. The summed E-state index contributed by atoms with van der Waals surface area (Å²) in [6.07, 6.45) is 20.9. The number of unbranched alkanes of at least 4 members (excludes halogenated alkanes) is 10. The van der Waals surface area contributed by atoms with Crippen LogP contribution in [0.5, 0.6) is 0 Å². The quantitative estimate of drug-likeness (QED) is 0.0790. The number of aliphatic hydroxyl groups excluding tert-OH is 2. The number of aliphatic hydroxyl groups is 2. The summed E-state index contributed by atoms with van der Waals surface area (Å²) in [6.45, 7) is 3.75. The van der Waals surface area contributed by atoms with E-state index in [2.05, 4.69) is 6.92 Å². The highest BCUT2D eigenvalue weighted by molar-refractivity contribution is 5.83. The maximum atomic E-state index is 12.3. The van der Waals surface area contributed by atoms with E-state index in [1.165, 1.54) is 51.9 Å². The number of ether oxygens (including phenoxy) is 3. The summed E-state index contributed by atoms with van der Waals surface area (Å²) in [7, 11) is 0. The standard InChI is InChI=1S/C37H64O8/c1-3-4-5-6-7-8-9-12-19-31(40)33-21-23-35(44-33)36-24-22-34(45-36)32(41)20-13-10-11-16-29(39)17-14-15-18-30-26-28(25-27(2)38)37(42)43-30/h28,30-36,40-41H,3-26H2,1-2H3/t28-,30-,31+,32-,33-,34-,35-,36-/m1/s1. The molecule has 0 saturated carbocycles. The van der Waals surface area contributed by atoms with E-state index >= 15 is 0 Å². The molecule has 8 heteroatoms. The summed E-state index contributed by atoms with van der Waals surface area (Å²) < 4.78 is 17.9. The van der Waals surface area contributed by atoms with Crippen molar-refractivity contribution in [1.82, 2.24) is 0 Å². The van der Waals surface area contributed by atoms with Crippen molar-refractivity contribution in [3.8, 4) is 0 Å². The predicted octanol–water partition coefficient (Wildman–Crippen LogP) is 7.33. The fourth-order valence-electron chi connectivity index (χ4n) is 7.43. The fraction of sp³-hybridized carbons (Fsp3) is 0.919. The first-order valence-corrected chi connectivity index (χ1v) is 18.7. The number of esters is 1. The molecule has 2 N–H and O–H groups in total. The van der Waals surface area contributed by atoms with Crippen LogP contribution >= 0.6 is 0 Å². The van der Waals surface area contributed by atoms with Crippen LogP contribution in [0, 0.1) is 5.92 Å². The summed E-state index contributed by atoms with van der Waals surface area (Å²) in [5.41, 5.74) is 0. The van der Waals surface area contributed by atoms with Gasteiger partial charge in [-0.1, -0.05) is 71.1 Å². The zero-order valence-electron chi connectivity index (χ0n) is 28.4. The van der Waals surface area contributed by atoms with Gasteiger partial charge >= 0.3 is 5.97 Å². The van der Waals surface area contributed by atoms with Crippen molar-refractivity contribution in [2.75, 3.05) is 0 Å². The largest absolute Gasteiger partial charge is 0.462 e. The summed E-state index contributed by atoms with van der Waals surface area (Å²) in [6, 6.07) is 0. The van der Waals surface area contributed by atoms with Crippen molar-refractivity contribution >= 4 is 17.5 Å². The zero-order valence-corrected chi connectivity index (χ0v) is 28.4. The Morgan fingerprint density at radius 3 is 1.80 bits per heavy atom. The summed E-state index contributed by atoms with van der Waals surface area (Å²) in [4.78, 5) is 35.4. The summed E-state index contributed by atoms with van der Waals surface area (Å²) >= 11 is 0. The molecular formula is C37H64O8. The Balaban J connectivity index is 1.16. The predicted molar refractivity (Wildman–Crippen MR) is 175 cm³/mol. The van der Waals surface area contributed by atoms with Gasteiger partial charge in [0, 0.05) is 19.3 Å². The molecule has 3 aliphatic rings. The molecule has 0 spiro atoms. The van der Waals surface area contributed by atoms with E-state index in [4.69, 9.17) is 14.2 Å². The molecule has 3 heterocycles. The SMILES string of the molecule is CCCCCCCCCC[C@H](O)[C@H]1CC[C@H]([C@H]2CC[C@H]([C@H](O)CCCCCC(=O)CCCC[C@@H]3C[C@@H](CC(C)=O)C(=O)O3)O2)O1. The molecule has 8 atom stereocenters. The van der Waals surface area contributed by atoms with Crippen LogP contribution in [-0.2, 0) is 28.6 Å². The number of rotatable bonds is 25. The highest BCUT2D eigenvalue weighted by Gasteiger charge is 2.40. The molecule has 0 aliphatic carbocycles. The van der Waals surface area contributed by atoms with Gasteiger partial charge in [0.05, 0.1) is 42.5 Å². The zero-order chi connectivity index (χ0) is 32.4. The van der Waals surface area contributed by atoms with Gasteiger partial charge in [0.1, 0.15) is 17.7 Å². The minimum Gasteiger partial charge on any atom is -0.462 e. The number of hydrogen-bond donors (Lipinski definition) is 2. The van der Waals surface area contributed by atoms with Crippen LogP contribution in [0.2, 0.25) is 0 Å². The van der Waals surface area contributed by atoms with Crippen molar-refractivity contribution in [3.63, 3.8) is 0 Å². The molecule has 0 bridgehead atoms. The lowest BCUT2D eigenvalue weighted by molar-refractivity contribution is -0.145. The van der Waals surface area contributed by atoms with E-state index < -0.39 is 12.2 Å². The second-order valence-electron chi connectivity index (χ2n) is 14.3. The van der Waals surface area contributed by atoms with Gasteiger partial charge in [0.25, 0.3) is 0 Å². The third-order valence-corrected chi connectivity index (χ3v) is 10.2. The lowest BCUT2D eigenvalue weighted by Crippen LogP contribution is -2.33. The topological polar surface area (TPSA) is 119 Å². The third kappa shape index (κ3) is 14.5. The molecule has 45 heavy (non-hydrogen) atoms. The van der Waals surface area contributed by atoms with Crippen LogP contribution in [0.25, 0.3) is 0 Å². The second kappa shape index (κ2) is 21.5. The van der Waals surface area contributed by atoms with Gasteiger partial charge in [-0.25, -0.2) is 0 Å². The maximum Gasteiger partial charge on any atom is 0.309 e. The molecule has 260 valence electrons. The van der Waals surface area contributed by atoms with E-state index in [9.17, 15) is 24.6 Å². The number of carbonyl (C=O) groups is 3. The van der Waals surface area contributed by atoms with Crippen molar-refractivity contribution in [2.24, 2.45) is 5.92 Å². The Bertz CT molecular complexity index is 861. The lowest BCUT2D eigenvalue weighted by atomic mass is 9.96. The number of ketones is 2. The summed E-state index contributed by atoms with van der Waals surface area (Å²) in [5, 5.41) is 21.4. The van der Waals surface area contributed by atoms with Crippen molar-refractivity contribution in [3.05, 3.63) is 0 Å². The van der Waals surface area contributed by atoms with Crippen molar-refractivity contribution in [2.45, 2.75) is 211 Å². The molecule has 3 saturated heterocycles. The van der Waals surface area contributed by atoms with E-state index in [-0.39, 0.29) is 60.4 Å². The van der Waals surface area contributed by atoms with Gasteiger partial charge < -0.3 is 29.2 Å². The van der Waals surface area contributed by atoms with Gasteiger partial charge in [-0.3, -0.25) is 9.59 Å². The number of carbonyl (C=O) groups excluding carboxylic acids is 3. The molecule has 3 fully saturated rings. The molecule has 0 aromatic rings. The molecule has 0 aromatic carbocycles. The van der Waals surface area contributed by atoms with Crippen LogP contribution in [0.3, 0.4) is 0 Å². The van der Waals surface area contributed by atoms with Gasteiger partial charge in [0.2, 0.25) is 0 Å². The minimum atomic E-state index is -0.491. The Kier molecular flexibility index (Phi) is 18.2. The van der Waals surface area contributed by atoms with Crippen molar-refractivity contribution < 1.29 is 38.8 Å². The van der Waals surface area contributed by atoms with Crippen LogP contribution in [0.15, 0.2) is 0 Å². The molecular weight excluding hydrogens is 572 g/mol. The van der Waals surface area contributed by atoms with E-state index in [0.717, 1.165) is 77.0 Å². The number of cyclic esters (lactones) is 1. The Labute approximate surface area is 272 Å². The van der Waals surface area contributed by atoms with Gasteiger partial charge in [-0.05, 0) is 77.6 Å². The van der Waals surface area contributed by atoms with Gasteiger partial charge in [0.15, 0.2) is 0 Å². The normalized spacial score (nSPS) is 28.0. The minimum absolute atomic E-state index is 0.00489. The number of Topliss-reactive ketones (excluding diaryl/α,β-unsaturated/α-hetero) is 2. The van der Waals surface area contributed by atoms with E-state index in [0.29, 0.717) is 25.7 Å². The van der Waals surface area contributed by atoms with Crippen LogP contribution in [-0.4, -0.2) is 70.5 Å². The molecule has 0 unspecified atom stereocenters. The molecule has 0 amide bonds. The van der Waals surface area contributed by atoms with Crippen LogP contribution < -0.4 is 0 Å². The molecule has 3 rings (SSSR count). The Morgan fingerprint density at radius 1 is 0.733 bits per heavy atom. The van der Waals surface area contributed by atoms with Crippen LogP contribution in [0.1, 0.15) is 168 Å². The highest BCUT2D eigenvalue weighted by atomic mass is 16.6. The van der Waals surface area contributed by atoms with E-state index in [1.54, 1.807) is 0 Å². The first-order valence-electron chi connectivity index (χ1n) is 18.7. The second-order valence-corrected chi connectivity index (χ2v) is 14.3. The third-order valence-electron chi connectivity index (χ3n) is 10.2.